The van der Waals surface area contributed by atoms with Crippen LogP contribution in [0.25, 0.3) is 0 Å². The van der Waals surface area contributed by atoms with Gasteiger partial charge < -0.3 is 15.4 Å². The molecule has 2 N–H and O–H groups in total. The lowest BCUT2D eigenvalue weighted by Gasteiger charge is -2.30. The van der Waals surface area contributed by atoms with E-state index < -0.39 is 0 Å². The van der Waals surface area contributed by atoms with Crippen molar-refractivity contribution in [1.82, 2.24) is 0 Å². The summed E-state index contributed by atoms with van der Waals surface area (Å²) in [6.45, 7) is 5.12. The summed E-state index contributed by atoms with van der Waals surface area (Å²) in [4.78, 5) is 2.35. The van der Waals surface area contributed by atoms with E-state index in [2.05, 4.69) is 54.3 Å². The van der Waals surface area contributed by atoms with Gasteiger partial charge in [0.05, 0.1) is 13.2 Å². The molecule has 3 heteroatoms. The number of nitrogens with two attached hydrogens (primary N) is 1. The molecule has 2 aromatic rings. The molecule has 1 heterocycles. The number of hydrogen-bond acceptors (Lipinski definition) is 3. The van der Waals surface area contributed by atoms with Gasteiger partial charge in [0, 0.05) is 24.5 Å². The molecule has 110 valence electrons. The second kappa shape index (κ2) is 6.29. The standard InChI is InChI=1S/C18H22N2O/c1-14-3-2-4-17(11-14)20-8-10-21-9-7-16-12-15(13-19)5-6-18(16)20/h2-6,11-12H,7-10,13,19H2,1H3. The first-order valence-corrected chi connectivity index (χ1v) is 7.52. The van der Waals surface area contributed by atoms with Crippen molar-refractivity contribution in [2.45, 2.75) is 19.9 Å². The molecule has 0 spiro atoms. The zero-order valence-corrected chi connectivity index (χ0v) is 12.5. The van der Waals surface area contributed by atoms with Crippen molar-refractivity contribution < 1.29 is 4.74 Å². The molecule has 0 fully saturated rings. The van der Waals surface area contributed by atoms with Gasteiger partial charge >= 0.3 is 0 Å². The minimum absolute atomic E-state index is 0.582. The Morgan fingerprint density at radius 1 is 1.14 bits per heavy atom. The Kier molecular flexibility index (Phi) is 4.23. The predicted molar refractivity (Wildman–Crippen MR) is 87.0 cm³/mol. The van der Waals surface area contributed by atoms with Gasteiger partial charge in [-0.3, -0.25) is 0 Å². The van der Waals surface area contributed by atoms with E-state index in [9.17, 15) is 0 Å². The van der Waals surface area contributed by atoms with Crippen LogP contribution in [0.4, 0.5) is 11.4 Å². The van der Waals surface area contributed by atoms with Crippen LogP contribution in [0.1, 0.15) is 16.7 Å². The molecule has 0 unspecified atom stereocenters. The average Bonchev–Trinajstić information content (AvgIpc) is 2.48. The number of rotatable bonds is 2. The number of aryl methyl sites for hydroxylation is 1. The lowest BCUT2D eigenvalue weighted by molar-refractivity contribution is 0.142. The highest BCUT2D eigenvalue weighted by atomic mass is 16.5. The summed E-state index contributed by atoms with van der Waals surface area (Å²) < 4.78 is 5.71. The number of nitrogens with zero attached hydrogens (tertiary/aromatic N) is 1. The SMILES string of the molecule is Cc1cccc(N2CCOCCc3cc(CN)ccc32)c1. The van der Waals surface area contributed by atoms with Crippen LogP contribution in [0.2, 0.25) is 0 Å². The van der Waals surface area contributed by atoms with Gasteiger partial charge in [-0.25, -0.2) is 0 Å². The smallest absolute Gasteiger partial charge is 0.0646 e. The molecule has 0 aromatic heterocycles. The summed E-state index contributed by atoms with van der Waals surface area (Å²) in [6.07, 6.45) is 0.936. The molecule has 3 nitrogen and oxygen atoms in total. The van der Waals surface area contributed by atoms with E-state index in [0.29, 0.717) is 6.54 Å². The van der Waals surface area contributed by atoms with Gasteiger partial charge in [0.15, 0.2) is 0 Å². The Morgan fingerprint density at radius 2 is 2.05 bits per heavy atom. The van der Waals surface area contributed by atoms with Crippen molar-refractivity contribution in [3.63, 3.8) is 0 Å². The maximum Gasteiger partial charge on any atom is 0.0646 e. The van der Waals surface area contributed by atoms with Crippen LogP contribution in [-0.2, 0) is 17.7 Å². The first kappa shape index (κ1) is 14.1. The topological polar surface area (TPSA) is 38.5 Å². The molecule has 0 radical (unpaired) electrons. The summed E-state index contributed by atoms with van der Waals surface area (Å²) in [6, 6.07) is 15.2. The van der Waals surface area contributed by atoms with Crippen LogP contribution in [0, 0.1) is 6.92 Å². The minimum Gasteiger partial charge on any atom is -0.379 e. The van der Waals surface area contributed by atoms with E-state index in [4.69, 9.17) is 10.5 Å². The number of ether oxygens (including phenoxy) is 1. The van der Waals surface area contributed by atoms with Gasteiger partial charge in [0.25, 0.3) is 0 Å². The van der Waals surface area contributed by atoms with Crippen LogP contribution in [0.3, 0.4) is 0 Å². The van der Waals surface area contributed by atoms with Crippen LogP contribution in [0.15, 0.2) is 42.5 Å². The quantitative estimate of drug-likeness (QED) is 0.919. The van der Waals surface area contributed by atoms with Crippen molar-refractivity contribution in [1.29, 1.82) is 0 Å². The van der Waals surface area contributed by atoms with Gasteiger partial charge in [-0.05, 0) is 48.2 Å². The highest BCUT2D eigenvalue weighted by Gasteiger charge is 2.16. The Hall–Kier alpha value is -1.84. The highest BCUT2D eigenvalue weighted by molar-refractivity contribution is 5.67. The van der Waals surface area contributed by atoms with Crippen LogP contribution >= 0.6 is 0 Å². The number of hydrogen-bond donors (Lipinski definition) is 1. The predicted octanol–water partition coefficient (Wildman–Crippen LogP) is 3.16. The lowest BCUT2D eigenvalue weighted by Crippen LogP contribution is -2.26. The van der Waals surface area contributed by atoms with E-state index in [-0.39, 0.29) is 0 Å². The molecule has 21 heavy (non-hydrogen) atoms. The van der Waals surface area contributed by atoms with Crippen molar-refractivity contribution in [2.24, 2.45) is 5.73 Å². The molecule has 0 atom stereocenters. The van der Waals surface area contributed by atoms with E-state index in [1.807, 2.05) is 0 Å². The molecule has 0 saturated carbocycles. The highest BCUT2D eigenvalue weighted by Crippen LogP contribution is 2.31. The molecule has 0 bridgehead atoms. The summed E-state index contributed by atoms with van der Waals surface area (Å²) >= 11 is 0. The number of anilines is 2. The first-order chi connectivity index (χ1) is 10.3. The van der Waals surface area contributed by atoms with Gasteiger partial charge in [-0.15, -0.1) is 0 Å². The van der Waals surface area contributed by atoms with Crippen molar-refractivity contribution >= 4 is 11.4 Å². The first-order valence-electron chi connectivity index (χ1n) is 7.52. The second-order valence-corrected chi connectivity index (χ2v) is 5.52. The number of fused-ring (bicyclic) bond motifs is 1. The zero-order valence-electron chi connectivity index (χ0n) is 12.5. The van der Waals surface area contributed by atoms with Gasteiger partial charge in [-0.2, -0.15) is 0 Å². The largest absolute Gasteiger partial charge is 0.379 e. The van der Waals surface area contributed by atoms with Crippen molar-refractivity contribution in [2.75, 3.05) is 24.7 Å². The van der Waals surface area contributed by atoms with Gasteiger partial charge in [-0.1, -0.05) is 24.3 Å². The summed E-state index contributed by atoms with van der Waals surface area (Å²) in [7, 11) is 0. The Morgan fingerprint density at radius 3 is 2.86 bits per heavy atom. The van der Waals surface area contributed by atoms with Crippen LogP contribution in [0.5, 0.6) is 0 Å². The fraction of sp³-hybridized carbons (Fsp3) is 0.333. The third-order valence-electron chi connectivity index (χ3n) is 3.96. The normalized spacial score (nSPS) is 15.2. The van der Waals surface area contributed by atoms with E-state index in [0.717, 1.165) is 26.2 Å². The van der Waals surface area contributed by atoms with Crippen molar-refractivity contribution in [3.8, 4) is 0 Å². The fourth-order valence-electron chi connectivity index (χ4n) is 2.85. The number of benzene rings is 2. The van der Waals surface area contributed by atoms with Crippen LogP contribution < -0.4 is 10.6 Å². The summed E-state index contributed by atoms with van der Waals surface area (Å²) in [5.74, 6) is 0. The average molecular weight is 282 g/mol. The molecular weight excluding hydrogens is 260 g/mol. The maximum atomic E-state index is 5.77. The third-order valence-corrected chi connectivity index (χ3v) is 3.96. The summed E-state index contributed by atoms with van der Waals surface area (Å²) in [5, 5.41) is 0. The summed E-state index contributed by atoms with van der Waals surface area (Å²) in [5.41, 5.74) is 12.0. The lowest BCUT2D eigenvalue weighted by atomic mass is 10.0. The molecule has 1 aliphatic heterocycles. The van der Waals surface area contributed by atoms with Gasteiger partial charge in [0.1, 0.15) is 0 Å². The van der Waals surface area contributed by atoms with Crippen molar-refractivity contribution in [3.05, 3.63) is 59.2 Å². The van der Waals surface area contributed by atoms with Gasteiger partial charge in [0.2, 0.25) is 0 Å². The third kappa shape index (κ3) is 3.09. The Balaban J connectivity index is 2.05. The second-order valence-electron chi connectivity index (χ2n) is 5.52. The molecule has 0 saturated heterocycles. The fourth-order valence-corrected chi connectivity index (χ4v) is 2.85. The Labute approximate surface area is 126 Å². The molecule has 0 amide bonds. The Bertz CT molecular complexity index is 624. The van der Waals surface area contributed by atoms with E-state index in [1.165, 1.54) is 28.1 Å². The van der Waals surface area contributed by atoms with E-state index in [1.54, 1.807) is 0 Å². The monoisotopic (exact) mass is 282 g/mol. The molecule has 0 aliphatic carbocycles. The molecule has 2 aromatic carbocycles. The minimum atomic E-state index is 0.582. The zero-order chi connectivity index (χ0) is 14.7. The van der Waals surface area contributed by atoms with E-state index >= 15 is 0 Å². The molecular formula is C18H22N2O. The molecule has 1 aliphatic rings. The maximum absolute atomic E-state index is 5.77. The van der Waals surface area contributed by atoms with Crippen LogP contribution in [-0.4, -0.2) is 19.8 Å². The molecule has 3 rings (SSSR count).